The van der Waals surface area contributed by atoms with Crippen molar-refractivity contribution in [2.24, 2.45) is 0 Å². The lowest BCUT2D eigenvalue weighted by Gasteiger charge is -1.97. The fourth-order valence-electron chi connectivity index (χ4n) is 1.77. The Morgan fingerprint density at radius 1 is 1.18 bits per heavy atom. The van der Waals surface area contributed by atoms with Gasteiger partial charge in [0, 0.05) is 43.3 Å². The summed E-state index contributed by atoms with van der Waals surface area (Å²) in [4.78, 5) is 8.26. The Morgan fingerprint density at radius 3 is 2.88 bits per heavy atom. The number of imidazole rings is 1. The fraction of sp³-hybridized carbons (Fsp3) is 0.182. The second-order valence-corrected chi connectivity index (χ2v) is 3.98. The van der Waals surface area contributed by atoms with Crippen LogP contribution in [0.5, 0.6) is 0 Å². The summed E-state index contributed by atoms with van der Waals surface area (Å²) in [6, 6.07) is 1.98. The Hall–Kier alpha value is -1.88. The van der Waals surface area contributed by atoms with Crippen molar-refractivity contribution in [2.75, 3.05) is 5.88 Å². The fourth-order valence-corrected chi connectivity index (χ4v) is 1.95. The van der Waals surface area contributed by atoms with Crippen molar-refractivity contribution in [1.29, 1.82) is 0 Å². The van der Waals surface area contributed by atoms with E-state index in [1.165, 1.54) is 0 Å². The third-order valence-corrected chi connectivity index (χ3v) is 2.72. The first-order valence-electron chi connectivity index (χ1n) is 5.25. The van der Waals surface area contributed by atoms with Gasteiger partial charge in [0.15, 0.2) is 0 Å². The molecule has 86 valence electrons. The zero-order chi connectivity index (χ0) is 11.7. The van der Waals surface area contributed by atoms with E-state index in [0.717, 1.165) is 23.6 Å². The quantitative estimate of drug-likeness (QED) is 0.664. The van der Waals surface area contributed by atoms with Gasteiger partial charge in [0.1, 0.15) is 17.0 Å². The highest BCUT2D eigenvalue weighted by Crippen LogP contribution is 2.17. The number of aromatic nitrogens is 5. The molecule has 3 heterocycles. The molecule has 0 N–H and O–H groups in total. The van der Waals surface area contributed by atoms with Crippen molar-refractivity contribution in [3.63, 3.8) is 0 Å². The summed E-state index contributed by atoms with van der Waals surface area (Å²) >= 11 is 5.74. The van der Waals surface area contributed by atoms with Gasteiger partial charge in [-0.2, -0.15) is 5.10 Å². The SMILES string of the molecule is ClCCn1ccn2nc(-c3cnccn3)cc12. The van der Waals surface area contributed by atoms with Crippen molar-refractivity contribution in [2.45, 2.75) is 6.54 Å². The van der Waals surface area contributed by atoms with Gasteiger partial charge >= 0.3 is 0 Å². The van der Waals surface area contributed by atoms with Crippen molar-refractivity contribution in [3.05, 3.63) is 37.1 Å². The molecule has 0 bridgehead atoms. The van der Waals surface area contributed by atoms with Gasteiger partial charge in [0.05, 0.1) is 6.20 Å². The van der Waals surface area contributed by atoms with E-state index in [-0.39, 0.29) is 0 Å². The molecule has 6 heteroatoms. The van der Waals surface area contributed by atoms with Crippen LogP contribution in [0.3, 0.4) is 0 Å². The third kappa shape index (κ3) is 1.78. The van der Waals surface area contributed by atoms with E-state index in [2.05, 4.69) is 19.6 Å². The molecular weight excluding hydrogens is 238 g/mol. The van der Waals surface area contributed by atoms with Crippen molar-refractivity contribution < 1.29 is 0 Å². The number of hydrogen-bond acceptors (Lipinski definition) is 3. The first-order valence-corrected chi connectivity index (χ1v) is 5.79. The molecule has 0 atom stereocenters. The Labute approximate surface area is 103 Å². The van der Waals surface area contributed by atoms with Crippen LogP contribution in [-0.4, -0.2) is 30.0 Å². The smallest absolute Gasteiger partial charge is 0.136 e. The summed E-state index contributed by atoms with van der Waals surface area (Å²) < 4.78 is 3.87. The van der Waals surface area contributed by atoms with Crippen molar-refractivity contribution in [1.82, 2.24) is 24.1 Å². The molecule has 17 heavy (non-hydrogen) atoms. The number of halogens is 1. The number of nitrogens with zero attached hydrogens (tertiary/aromatic N) is 5. The zero-order valence-electron chi connectivity index (χ0n) is 8.99. The lowest BCUT2D eigenvalue weighted by Crippen LogP contribution is -1.96. The average molecular weight is 248 g/mol. The molecular formula is C11H10ClN5. The molecule has 0 aliphatic carbocycles. The largest absolute Gasteiger partial charge is 0.330 e. The topological polar surface area (TPSA) is 48.0 Å². The van der Waals surface area contributed by atoms with Crippen LogP contribution in [-0.2, 0) is 6.54 Å². The van der Waals surface area contributed by atoms with Gasteiger partial charge in [0.2, 0.25) is 0 Å². The zero-order valence-corrected chi connectivity index (χ0v) is 9.75. The van der Waals surface area contributed by atoms with E-state index < -0.39 is 0 Å². The summed E-state index contributed by atoms with van der Waals surface area (Å²) in [5, 5.41) is 4.44. The predicted octanol–water partition coefficient (Wildman–Crippen LogP) is 1.83. The molecule has 5 nitrogen and oxygen atoms in total. The van der Waals surface area contributed by atoms with Gasteiger partial charge in [0.25, 0.3) is 0 Å². The second kappa shape index (κ2) is 4.18. The molecule has 0 aliphatic heterocycles. The molecule has 0 unspecified atom stereocenters. The predicted molar refractivity (Wildman–Crippen MR) is 64.9 cm³/mol. The van der Waals surface area contributed by atoms with Gasteiger partial charge in [-0.25, -0.2) is 4.52 Å². The third-order valence-electron chi connectivity index (χ3n) is 2.55. The first kappa shape index (κ1) is 10.3. The van der Waals surface area contributed by atoms with E-state index in [1.807, 2.05) is 23.0 Å². The Morgan fingerprint density at radius 2 is 2.12 bits per heavy atom. The molecule has 0 fully saturated rings. The Balaban J connectivity index is 2.08. The molecule has 0 aliphatic rings. The minimum Gasteiger partial charge on any atom is -0.330 e. The van der Waals surface area contributed by atoms with Gasteiger partial charge in [-0.1, -0.05) is 0 Å². The van der Waals surface area contributed by atoms with Gasteiger partial charge in [-0.05, 0) is 0 Å². The maximum Gasteiger partial charge on any atom is 0.136 e. The maximum absolute atomic E-state index is 5.74. The normalized spacial score (nSPS) is 11.1. The second-order valence-electron chi connectivity index (χ2n) is 3.60. The molecule has 0 amide bonds. The molecule has 0 aromatic carbocycles. The highest BCUT2D eigenvalue weighted by Gasteiger charge is 2.08. The van der Waals surface area contributed by atoms with Crippen LogP contribution in [0.15, 0.2) is 37.1 Å². The van der Waals surface area contributed by atoms with E-state index >= 15 is 0 Å². The Bertz CT molecular complexity index is 628. The monoisotopic (exact) mass is 247 g/mol. The van der Waals surface area contributed by atoms with Crippen LogP contribution in [0, 0.1) is 0 Å². The molecule has 3 rings (SSSR count). The lowest BCUT2D eigenvalue weighted by molar-refractivity contribution is 0.794. The van der Waals surface area contributed by atoms with Crippen LogP contribution in [0.1, 0.15) is 0 Å². The molecule has 0 saturated heterocycles. The minimum absolute atomic E-state index is 0.579. The van der Waals surface area contributed by atoms with Gasteiger partial charge in [-0.3, -0.25) is 9.97 Å². The van der Waals surface area contributed by atoms with Crippen LogP contribution in [0.2, 0.25) is 0 Å². The highest BCUT2D eigenvalue weighted by molar-refractivity contribution is 6.17. The molecule has 0 saturated carbocycles. The van der Waals surface area contributed by atoms with Crippen LogP contribution in [0.4, 0.5) is 0 Å². The van der Waals surface area contributed by atoms with Crippen LogP contribution >= 0.6 is 11.6 Å². The maximum atomic E-state index is 5.74. The highest BCUT2D eigenvalue weighted by atomic mass is 35.5. The number of hydrogen-bond donors (Lipinski definition) is 0. The van der Waals surface area contributed by atoms with E-state index in [0.29, 0.717) is 5.88 Å². The van der Waals surface area contributed by atoms with Gasteiger partial charge in [-0.15, -0.1) is 11.6 Å². The van der Waals surface area contributed by atoms with Gasteiger partial charge < -0.3 is 4.57 Å². The first-order chi connectivity index (χ1) is 8.38. The summed E-state index contributed by atoms with van der Waals surface area (Å²) in [5.74, 6) is 0.579. The lowest BCUT2D eigenvalue weighted by atomic mass is 10.3. The average Bonchev–Trinajstić information content (AvgIpc) is 2.93. The molecule has 0 radical (unpaired) electrons. The van der Waals surface area contributed by atoms with Crippen molar-refractivity contribution in [3.8, 4) is 11.4 Å². The van der Waals surface area contributed by atoms with E-state index in [1.54, 1.807) is 18.6 Å². The summed E-state index contributed by atoms with van der Waals surface area (Å²) in [5.41, 5.74) is 2.59. The van der Waals surface area contributed by atoms with Crippen LogP contribution < -0.4 is 0 Å². The number of fused-ring (bicyclic) bond motifs is 1. The Kier molecular flexibility index (Phi) is 2.53. The molecule has 3 aromatic rings. The molecule has 3 aromatic heterocycles. The summed E-state index contributed by atoms with van der Waals surface area (Å²) in [7, 11) is 0. The molecule has 0 spiro atoms. The standard InChI is InChI=1S/C11H10ClN5/c12-1-4-16-5-6-17-11(16)7-9(15-17)10-8-13-2-3-14-10/h2-3,5-8H,1,4H2. The van der Waals surface area contributed by atoms with E-state index in [4.69, 9.17) is 11.6 Å². The van der Waals surface area contributed by atoms with Crippen LogP contribution in [0.25, 0.3) is 17.0 Å². The van der Waals surface area contributed by atoms with E-state index in [9.17, 15) is 0 Å². The summed E-state index contributed by atoms with van der Waals surface area (Å²) in [6.07, 6.45) is 8.87. The number of alkyl halides is 1. The van der Waals surface area contributed by atoms with Crippen molar-refractivity contribution >= 4 is 17.2 Å². The minimum atomic E-state index is 0.579. The number of aryl methyl sites for hydroxylation is 1. The summed E-state index contributed by atoms with van der Waals surface area (Å²) in [6.45, 7) is 0.768. The number of rotatable bonds is 3.